The standard InChI is InChI=1S/C13H18BrFN2O2/c1-8-5-9(11(15)6-10(8)14)7-16-17-12(18)19-13(2,3)4/h5-6,16H,7H2,1-4H3,(H,17,18). The molecule has 1 amide bonds. The zero-order valence-corrected chi connectivity index (χ0v) is 13.0. The Bertz CT molecular complexity index is 472. The van der Waals surface area contributed by atoms with Crippen LogP contribution < -0.4 is 10.9 Å². The summed E-state index contributed by atoms with van der Waals surface area (Å²) in [4.78, 5) is 11.4. The summed E-state index contributed by atoms with van der Waals surface area (Å²) in [5, 5.41) is 0. The van der Waals surface area contributed by atoms with Gasteiger partial charge >= 0.3 is 6.09 Å². The van der Waals surface area contributed by atoms with Gasteiger partial charge in [0.05, 0.1) is 0 Å². The van der Waals surface area contributed by atoms with Gasteiger partial charge in [0, 0.05) is 16.6 Å². The number of hydrogen-bond acceptors (Lipinski definition) is 3. The minimum atomic E-state index is -0.596. The molecule has 0 spiro atoms. The van der Waals surface area contributed by atoms with Crippen molar-refractivity contribution < 1.29 is 13.9 Å². The van der Waals surface area contributed by atoms with Crippen LogP contribution in [0.5, 0.6) is 0 Å². The van der Waals surface area contributed by atoms with Gasteiger partial charge in [0.15, 0.2) is 0 Å². The van der Waals surface area contributed by atoms with Crippen LogP contribution in [0.3, 0.4) is 0 Å². The van der Waals surface area contributed by atoms with Crippen LogP contribution >= 0.6 is 15.9 Å². The van der Waals surface area contributed by atoms with E-state index in [1.54, 1.807) is 26.8 Å². The van der Waals surface area contributed by atoms with E-state index in [4.69, 9.17) is 4.74 Å². The molecule has 1 aromatic rings. The van der Waals surface area contributed by atoms with Crippen LogP contribution in [0.15, 0.2) is 16.6 Å². The van der Waals surface area contributed by atoms with Gasteiger partial charge in [-0.25, -0.2) is 14.6 Å². The van der Waals surface area contributed by atoms with E-state index in [0.29, 0.717) is 10.0 Å². The van der Waals surface area contributed by atoms with Crippen molar-refractivity contribution >= 4 is 22.0 Å². The largest absolute Gasteiger partial charge is 0.443 e. The molecule has 19 heavy (non-hydrogen) atoms. The molecule has 1 aromatic carbocycles. The lowest BCUT2D eigenvalue weighted by Crippen LogP contribution is -2.40. The average molecular weight is 333 g/mol. The van der Waals surface area contributed by atoms with Crippen molar-refractivity contribution in [2.24, 2.45) is 0 Å². The number of benzene rings is 1. The molecule has 0 aliphatic rings. The number of aryl methyl sites for hydroxylation is 1. The lowest BCUT2D eigenvalue weighted by molar-refractivity contribution is 0.0496. The molecule has 1 rings (SSSR count). The number of nitrogens with one attached hydrogen (secondary N) is 2. The molecule has 0 saturated carbocycles. The summed E-state index contributed by atoms with van der Waals surface area (Å²) in [6, 6.07) is 3.11. The van der Waals surface area contributed by atoms with Crippen molar-refractivity contribution in [3.63, 3.8) is 0 Å². The third kappa shape index (κ3) is 5.57. The number of amides is 1. The summed E-state index contributed by atoms with van der Waals surface area (Å²) in [5.41, 5.74) is 5.82. The summed E-state index contributed by atoms with van der Waals surface area (Å²) in [6.45, 7) is 7.35. The van der Waals surface area contributed by atoms with Crippen LogP contribution in [0.1, 0.15) is 31.9 Å². The lowest BCUT2D eigenvalue weighted by atomic mass is 10.1. The maximum atomic E-state index is 13.6. The third-order valence-corrected chi connectivity index (χ3v) is 3.05. The van der Waals surface area contributed by atoms with Gasteiger partial charge < -0.3 is 4.74 Å². The lowest BCUT2D eigenvalue weighted by Gasteiger charge is -2.19. The van der Waals surface area contributed by atoms with Crippen molar-refractivity contribution in [3.8, 4) is 0 Å². The number of carbonyl (C=O) groups excluding carboxylic acids is 1. The zero-order valence-electron chi connectivity index (χ0n) is 11.4. The Labute approximate surface area is 120 Å². The average Bonchev–Trinajstić information content (AvgIpc) is 2.22. The van der Waals surface area contributed by atoms with E-state index < -0.39 is 11.7 Å². The van der Waals surface area contributed by atoms with Gasteiger partial charge in [-0.15, -0.1) is 0 Å². The van der Waals surface area contributed by atoms with Crippen LogP contribution in [0.2, 0.25) is 0 Å². The van der Waals surface area contributed by atoms with E-state index in [9.17, 15) is 9.18 Å². The maximum Gasteiger partial charge on any atom is 0.422 e. The molecule has 0 atom stereocenters. The van der Waals surface area contributed by atoms with E-state index in [1.807, 2.05) is 6.92 Å². The van der Waals surface area contributed by atoms with Crippen LogP contribution in [-0.2, 0) is 11.3 Å². The summed E-state index contributed by atoms with van der Waals surface area (Å²) in [7, 11) is 0. The number of hydrazine groups is 1. The molecule has 0 aromatic heterocycles. The van der Waals surface area contributed by atoms with Crippen LogP contribution in [0.4, 0.5) is 9.18 Å². The SMILES string of the molecule is Cc1cc(CNNC(=O)OC(C)(C)C)c(F)cc1Br. The first-order valence-electron chi connectivity index (χ1n) is 5.85. The Morgan fingerprint density at radius 2 is 2.05 bits per heavy atom. The smallest absolute Gasteiger partial charge is 0.422 e. The first kappa shape index (κ1) is 15.9. The Morgan fingerprint density at radius 3 is 2.63 bits per heavy atom. The molecule has 106 valence electrons. The van der Waals surface area contributed by atoms with Crippen LogP contribution in [-0.4, -0.2) is 11.7 Å². The first-order valence-corrected chi connectivity index (χ1v) is 6.65. The molecular weight excluding hydrogens is 315 g/mol. The molecule has 0 heterocycles. The molecule has 2 N–H and O–H groups in total. The highest BCUT2D eigenvalue weighted by Gasteiger charge is 2.15. The third-order valence-electron chi connectivity index (χ3n) is 2.20. The van der Waals surface area contributed by atoms with E-state index >= 15 is 0 Å². The van der Waals surface area contributed by atoms with Gasteiger partial charge in [-0.2, -0.15) is 0 Å². The Kier molecular flexibility index (Phi) is 5.31. The summed E-state index contributed by atoms with van der Waals surface area (Å²) in [6.07, 6.45) is -0.596. The number of rotatable bonds is 3. The Hall–Kier alpha value is -1.14. The highest BCUT2D eigenvalue weighted by atomic mass is 79.9. The van der Waals surface area contributed by atoms with Crippen molar-refractivity contribution in [1.29, 1.82) is 0 Å². The maximum absolute atomic E-state index is 13.6. The second-order valence-electron chi connectivity index (χ2n) is 5.17. The van der Waals surface area contributed by atoms with Gasteiger partial charge in [-0.1, -0.05) is 22.0 Å². The highest BCUT2D eigenvalue weighted by molar-refractivity contribution is 9.10. The van der Waals surface area contributed by atoms with Crippen LogP contribution in [0, 0.1) is 12.7 Å². The summed E-state index contributed by atoms with van der Waals surface area (Å²) in [5.74, 6) is -0.337. The topological polar surface area (TPSA) is 50.4 Å². The summed E-state index contributed by atoms with van der Waals surface area (Å²) >= 11 is 3.25. The minimum absolute atomic E-state index is 0.180. The van der Waals surface area contributed by atoms with Gasteiger partial charge in [-0.05, 0) is 39.3 Å². The van der Waals surface area contributed by atoms with Crippen molar-refractivity contribution in [2.75, 3.05) is 0 Å². The van der Waals surface area contributed by atoms with Crippen molar-refractivity contribution in [3.05, 3.63) is 33.5 Å². The van der Waals surface area contributed by atoms with Crippen LogP contribution in [0.25, 0.3) is 0 Å². The Morgan fingerprint density at radius 1 is 1.42 bits per heavy atom. The number of ether oxygens (including phenoxy) is 1. The monoisotopic (exact) mass is 332 g/mol. The van der Waals surface area contributed by atoms with Crippen molar-refractivity contribution in [1.82, 2.24) is 10.9 Å². The fraction of sp³-hybridized carbons (Fsp3) is 0.462. The fourth-order valence-corrected chi connectivity index (χ4v) is 1.68. The van der Waals surface area contributed by atoms with E-state index in [0.717, 1.165) is 5.56 Å². The quantitative estimate of drug-likeness (QED) is 0.834. The van der Waals surface area contributed by atoms with E-state index in [2.05, 4.69) is 26.8 Å². The van der Waals surface area contributed by atoms with Gasteiger partial charge in [-0.3, -0.25) is 5.43 Å². The molecule has 6 heteroatoms. The molecule has 0 saturated heterocycles. The van der Waals surface area contributed by atoms with Gasteiger partial charge in [0.2, 0.25) is 0 Å². The highest BCUT2D eigenvalue weighted by Crippen LogP contribution is 2.20. The molecule has 0 radical (unpaired) electrons. The number of halogens is 2. The van der Waals surface area contributed by atoms with Gasteiger partial charge in [0.25, 0.3) is 0 Å². The Balaban J connectivity index is 2.50. The molecule has 4 nitrogen and oxygen atoms in total. The second kappa shape index (κ2) is 6.34. The molecule has 0 aliphatic carbocycles. The normalized spacial score (nSPS) is 11.3. The number of carbonyl (C=O) groups is 1. The molecule has 0 unspecified atom stereocenters. The summed E-state index contributed by atoms with van der Waals surface area (Å²) < 4.78 is 19.4. The van der Waals surface area contributed by atoms with Gasteiger partial charge in [0.1, 0.15) is 11.4 Å². The van der Waals surface area contributed by atoms with E-state index in [-0.39, 0.29) is 12.4 Å². The predicted octanol–water partition coefficient (Wildman–Crippen LogP) is 3.43. The minimum Gasteiger partial charge on any atom is -0.443 e. The van der Waals surface area contributed by atoms with E-state index in [1.165, 1.54) is 6.07 Å². The van der Waals surface area contributed by atoms with Crippen molar-refractivity contribution in [2.45, 2.75) is 39.8 Å². The molecule has 0 aliphatic heterocycles. The predicted molar refractivity (Wildman–Crippen MR) is 75.0 cm³/mol. The molecule has 0 bridgehead atoms. The first-order chi connectivity index (χ1) is 8.69. The second-order valence-corrected chi connectivity index (χ2v) is 6.03. The number of hydrogen-bond donors (Lipinski definition) is 2. The molecule has 0 fully saturated rings. The molecular formula is C13H18BrFN2O2. The zero-order chi connectivity index (χ0) is 14.6. The fourth-order valence-electron chi connectivity index (χ4n) is 1.37.